The molecule has 0 aliphatic rings. The Hall–Kier alpha value is -1.88. The summed E-state index contributed by atoms with van der Waals surface area (Å²) in [5, 5.41) is 8.82. The van der Waals surface area contributed by atoms with Gasteiger partial charge in [0, 0.05) is 28.7 Å². The van der Waals surface area contributed by atoms with Gasteiger partial charge in [-0.2, -0.15) is 5.10 Å². The van der Waals surface area contributed by atoms with Gasteiger partial charge in [-0.3, -0.25) is 5.43 Å². The van der Waals surface area contributed by atoms with Gasteiger partial charge in [0.2, 0.25) is 0 Å². The molecule has 1 aromatic heterocycles. The van der Waals surface area contributed by atoms with E-state index in [9.17, 15) is 0 Å². The van der Waals surface area contributed by atoms with Crippen molar-refractivity contribution < 1.29 is 0 Å². The molecule has 0 spiro atoms. The van der Waals surface area contributed by atoms with E-state index in [-0.39, 0.29) is 0 Å². The van der Waals surface area contributed by atoms with E-state index in [4.69, 9.17) is 12.2 Å². The molecule has 0 bridgehead atoms. The molecule has 4 nitrogen and oxygen atoms in total. The minimum absolute atomic E-state index is 0.534. The topological polar surface area (TPSA) is 52.2 Å². The maximum atomic E-state index is 5.03. The Morgan fingerprint density at radius 1 is 1.44 bits per heavy atom. The van der Waals surface area contributed by atoms with E-state index in [1.54, 1.807) is 6.21 Å². The van der Waals surface area contributed by atoms with Gasteiger partial charge >= 0.3 is 0 Å². The Morgan fingerprint density at radius 3 is 3.00 bits per heavy atom. The van der Waals surface area contributed by atoms with Gasteiger partial charge in [-0.25, -0.2) is 0 Å². The average Bonchev–Trinajstić information content (AvgIpc) is 2.66. The van der Waals surface area contributed by atoms with Gasteiger partial charge < -0.3 is 10.3 Å². The van der Waals surface area contributed by atoms with E-state index in [2.05, 4.69) is 33.0 Å². The minimum Gasteiger partial charge on any atom is -0.362 e. The number of fused-ring (bicyclic) bond motifs is 1. The summed E-state index contributed by atoms with van der Waals surface area (Å²) in [5.74, 6) is 0. The monoisotopic (exact) mass is 260 g/mol. The van der Waals surface area contributed by atoms with Gasteiger partial charge in [0.1, 0.15) is 0 Å². The summed E-state index contributed by atoms with van der Waals surface area (Å²) in [7, 11) is 0. The zero-order valence-electron chi connectivity index (χ0n) is 10.4. The van der Waals surface area contributed by atoms with Crippen LogP contribution in [0.15, 0.2) is 29.4 Å². The molecule has 5 heteroatoms. The molecule has 1 heterocycles. The highest BCUT2D eigenvalue weighted by Gasteiger charge is 2.04. The minimum atomic E-state index is 0.534. The number of nitrogens with one attached hydrogen (secondary N) is 3. The fraction of sp³-hybridized carbons (Fsp3) is 0.231. The fourth-order valence-corrected chi connectivity index (χ4v) is 2.02. The quantitative estimate of drug-likeness (QED) is 0.451. The van der Waals surface area contributed by atoms with Gasteiger partial charge in [-0.15, -0.1) is 0 Å². The summed E-state index contributed by atoms with van der Waals surface area (Å²) >= 11 is 5.03. The number of aryl methyl sites for hydroxylation is 1. The lowest BCUT2D eigenvalue weighted by molar-refractivity contribution is 0.904. The molecule has 1 aromatic carbocycles. The number of thiocarbonyl (C=S) groups is 1. The van der Waals surface area contributed by atoms with Crippen molar-refractivity contribution >= 4 is 34.4 Å². The summed E-state index contributed by atoms with van der Waals surface area (Å²) in [5.41, 5.74) is 6.08. The molecule has 0 saturated carbocycles. The first-order chi connectivity index (χ1) is 8.72. The summed E-state index contributed by atoms with van der Waals surface area (Å²) < 4.78 is 0. The molecule has 0 amide bonds. The van der Waals surface area contributed by atoms with Gasteiger partial charge in [0.05, 0.1) is 6.21 Å². The predicted octanol–water partition coefficient (Wildman–Crippen LogP) is 2.29. The van der Waals surface area contributed by atoms with E-state index in [0.717, 1.165) is 28.7 Å². The van der Waals surface area contributed by atoms with Crippen LogP contribution in [0, 0.1) is 6.92 Å². The van der Waals surface area contributed by atoms with Crippen LogP contribution in [0.1, 0.15) is 18.2 Å². The molecular formula is C13H16N4S. The molecule has 0 aliphatic heterocycles. The zero-order valence-corrected chi connectivity index (χ0v) is 11.3. The maximum absolute atomic E-state index is 5.03. The van der Waals surface area contributed by atoms with Crippen molar-refractivity contribution in [3.8, 4) is 0 Å². The normalized spacial score (nSPS) is 11.0. The van der Waals surface area contributed by atoms with Crippen LogP contribution in [0.25, 0.3) is 10.9 Å². The van der Waals surface area contributed by atoms with Crippen molar-refractivity contribution in [1.82, 2.24) is 15.7 Å². The van der Waals surface area contributed by atoms with Crippen LogP contribution in [0.5, 0.6) is 0 Å². The number of aromatic nitrogens is 1. The Labute approximate surface area is 111 Å². The molecule has 0 unspecified atom stereocenters. The number of para-hydroxylation sites is 1. The summed E-state index contributed by atoms with van der Waals surface area (Å²) in [6.45, 7) is 4.80. The van der Waals surface area contributed by atoms with Crippen molar-refractivity contribution in [1.29, 1.82) is 0 Å². The van der Waals surface area contributed by atoms with Gasteiger partial charge in [0.25, 0.3) is 0 Å². The molecule has 3 N–H and O–H groups in total. The zero-order chi connectivity index (χ0) is 13.0. The first kappa shape index (κ1) is 12.6. The van der Waals surface area contributed by atoms with E-state index < -0.39 is 0 Å². The summed E-state index contributed by atoms with van der Waals surface area (Å²) in [4.78, 5) is 3.32. The molecule has 0 radical (unpaired) electrons. The number of aromatic amines is 1. The lowest BCUT2D eigenvalue weighted by atomic mass is 10.1. The Morgan fingerprint density at radius 2 is 2.22 bits per heavy atom. The molecule has 0 atom stereocenters. The largest absolute Gasteiger partial charge is 0.362 e. The lowest BCUT2D eigenvalue weighted by Crippen LogP contribution is -2.31. The molecule has 18 heavy (non-hydrogen) atoms. The Kier molecular flexibility index (Phi) is 3.94. The third-order valence-corrected chi connectivity index (χ3v) is 2.88. The maximum Gasteiger partial charge on any atom is 0.186 e. The molecule has 2 rings (SSSR count). The van der Waals surface area contributed by atoms with Crippen molar-refractivity contribution in [3.63, 3.8) is 0 Å². The number of hydrogen-bond donors (Lipinski definition) is 3. The predicted molar refractivity (Wildman–Crippen MR) is 80.0 cm³/mol. The van der Waals surface area contributed by atoms with Crippen LogP contribution in [0.3, 0.4) is 0 Å². The van der Waals surface area contributed by atoms with Crippen LogP contribution < -0.4 is 10.7 Å². The van der Waals surface area contributed by atoms with Crippen molar-refractivity contribution in [3.05, 3.63) is 35.5 Å². The van der Waals surface area contributed by atoms with E-state index in [1.165, 1.54) is 0 Å². The smallest absolute Gasteiger partial charge is 0.186 e. The van der Waals surface area contributed by atoms with Gasteiger partial charge in [-0.1, -0.05) is 18.2 Å². The second-order valence-corrected chi connectivity index (χ2v) is 4.35. The third-order valence-electron chi connectivity index (χ3n) is 2.64. The van der Waals surface area contributed by atoms with Crippen LogP contribution in [0.4, 0.5) is 0 Å². The number of benzene rings is 1. The second-order valence-electron chi connectivity index (χ2n) is 3.94. The molecule has 0 saturated heterocycles. The number of H-pyrrole nitrogens is 1. The average molecular weight is 260 g/mol. The third kappa shape index (κ3) is 2.68. The second kappa shape index (κ2) is 5.64. The summed E-state index contributed by atoms with van der Waals surface area (Å²) in [6, 6.07) is 8.15. The first-order valence-corrected chi connectivity index (χ1v) is 6.27. The highest BCUT2D eigenvalue weighted by atomic mass is 32.1. The van der Waals surface area contributed by atoms with Gasteiger partial charge in [-0.05, 0) is 32.1 Å². The van der Waals surface area contributed by atoms with Crippen LogP contribution in [-0.4, -0.2) is 22.9 Å². The van der Waals surface area contributed by atoms with Crippen LogP contribution in [-0.2, 0) is 0 Å². The Balaban J connectivity index is 2.18. The molecule has 94 valence electrons. The van der Waals surface area contributed by atoms with Crippen LogP contribution >= 0.6 is 12.2 Å². The SMILES string of the molecule is CCNC(=S)N/N=C\c1c(C)[nH]c2ccccc12. The number of nitrogens with zero attached hydrogens (tertiary/aromatic N) is 1. The van der Waals surface area contributed by atoms with E-state index in [1.807, 2.05) is 26.0 Å². The van der Waals surface area contributed by atoms with Crippen LogP contribution in [0.2, 0.25) is 0 Å². The number of hydrogen-bond acceptors (Lipinski definition) is 2. The highest BCUT2D eigenvalue weighted by Crippen LogP contribution is 2.19. The standard InChI is InChI=1S/C13H16N4S/c1-3-14-13(18)17-15-8-11-9(2)16-12-7-5-4-6-10(11)12/h4-8,16H,3H2,1-2H3,(H2,14,17,18)/b15-8-. The molecule has 0 fully saturated rings. The molecule has 0 aliphatic carbocycles. The van der Waals surface area contributed by atoms with E-state index >= 15 is 0 Å². The van der Waals surface area contributed by atoms with Crippen molar-refractivity contribution in [2.45, 2.75) is 13.8 Å². The fourth-order valence-electron chi connectivity index (χ4n) is 1.82. The summed E-state index contributed by atoms with van der Waals surface area (Å²) in [6.07, 6.45) is 1.79. The number of rotatable bonds is 3. The van der Waals surface area contributed by atoms with E-state index in [0.29, 0.717) is 5.11 Å². The molecule has 2 aromatic rings. The van der Waals surface area contributed by atoms with Crippen molar-refractivity contribution in [2.24, 2.45) is 5.10 Å². The highest BCUT2D eigenvalue weighted by molar-refractivity contribution is 7.80. The first-order valence-electron chi connectivity index (χ1n) is 5.86. The Bertz CT molecular complexity index is 586. The van der Waals surface area contributed by atoms with Gasteiger partial charge in [0.15, 0.2) is 5.11 Å². The molecular weight excluding hydrogens is 244 g/mol. The van der Waals surface area contributed by atoms with Crippen molar-refractivity contribution in [2.75, 3.05) is 6.54 Å². The lowest BCUT2D eigenvalue weighted by Gasteiger charge is -2.02. The number of hydrazone groups is 1.